The molecule has 5 aromatic rings. The van der Waals surface area contributed by atoms with E-state index in [2.05, 4.69) is 25.5 Å². The Labute approximate surface area is 164 Å². The molecule has 0 saturated heterocycles. The molecule has 0 fully saturated rings. The van der Waals surface area contributed by atoms with E-state index >= 15 is 0 Å². The molecule has 5 rings (SSSR count). The highest BCUT2D eigenvalue weighted by Gasteiger charge is 2.20. The number of furan rings is 1. The van der Waals surface area contributed by atoms with Crippen LogP contribution in [0.3, 0.4) is 0 Å². The van der Waals surface area contributed by atoms with Crippen molar-refractivity contribution in [1.29, 1.82) is 0 Å². The van der Waals surface area contributed by atoms with E-state index in [1.807, 2.05) is 12.1 Å². The number of amides is 1. The molecule has 0 radical (unpaired) electrons. The van der Waals surface area contributed by atoms with Crippen LogP contribution in [0.15, 0.2) is 70.3 Å². The second-order valence-electron chi connectivity index (χ2n) is 6.32. The first-order valence-electron chi connectivity index (χ1n) is 8.76. The molecule has 4 heterocycles. The summed E-state index contributed by atoms with van der Waals surface area (Å²) in [6, 6.07) is 12.5. The zero-order valence-corrected chi connectivity index (χ0v) is 15.2. The van der Waals surface area contributed by atoms with Gasteiger partial charge in [0.1, 0.15) is 18.3 Å². The third-order valence-corrected chi connectivity index (χ3v) is 4.44. The third kappa shape index (κ3) is 3.04. The van der Waals surface area contributed by atoms with Crippen molar-refractivity contribution in [2.45, 2.75) is 6.92 Å². The van der Waals surface area contributed by atoms with Crippen LogP contribution in [-0.4, -0.2) is 30.8 Å². The lowest BCUT2D eigenvalue weighted by Gasteiger charge is -2.08. The van der Waals surface area contributed by atoms with Crippen molar-refractivity contribution in [2.24, 2.45) is 0 Å². The summed E-state index contributed by atoms with van der Waals surface area (Å²) in [6.45, 7) is 1.77. The number of aryl methyl sites for hydroxylation is 1. The van der Waals surface area contributed by atoms with Gasteiger partial charge in [-0.1, -0.05) is 5.16 Å². The second kappa shape index (κ2) is 6.71. The van der Waals surface area contributed by atoms with Gasteiger partial charge in [0.2, 0.25) is 0 Å². The van der Waals surface area contributed by atoms with Gasteiger partial charge in [-0.15, -0.1) is 0 Å². The minimum absolute atomic E-state index is 0.281. The summed E-state index contributed by atoms with van der Waals surface area (Å²) < 4.78 is 12.3. The maximum absolute atomic E-state index is 13.0. The van der Waals surface area contributed by atoms with Crippen LogP contribution in [0.2, 0.25) is 0 Å². The van der Waals surface area contributed by atoms with Crippen LogP contribution in [0.1, 0.15) is 16.1 Å². The molecule has 29 heavy (non-hydrogen) atoms. The summed E-state index contributed by atoms with van der Waals surface area (Å²) in [7, 11) is 0. The summed E-state index contributed by atoms with van der Waals surface area (Å²) in [4.78, 5) is 21.4. The van der Waals surface area contributed by atoms with E-state index in [9.17, 15) is 4.79 Å². The van der Waals surface area contributed by atoms with E-state index in [1.54, 1.807) is 54.5 Å². The first-order valence-corrected chi connectivity index (χ1v) is 8.76. The van der Waals surface area contributed by atoms with Crippen molar-refractivity contribution in [3.05, 3.63) is 72.6 Å². The molecule has 0 bridgehead atoms. The zero-order valence-electron chi connectivity index (χ0n) is 15.2. The maximum atomic E-state index is 13.0. The number of rotatable bonds is 4. The predicted octanol–water partition coefficient (Wildman–Crippen LogP) is 3.62. The Morgan fingerprint density at radius 2 is 2.03 bits per heavy atom. The Balaban J connectivity index is 1.50. The van der Waals surface area contributed by atoms with Gasteiger partial charge >= 0.3 is 0 Å². The Morgan fingerprint density at radius 1 is 1.17 bits per heavy atom. The topological polar surface area (TPSA) is 112 Å². The first kappa shape index (κ1) is 16.9. The van der Waals surface area contributed by atoms with E-state index in [4.69, 9.17) is 8.94 Å². The first-order chi connectivity index (χ1) is 14.2. The monoisotopic (exact) mass is 386 g/mol. The Bertz CT molecular complexity index is 1290. The average Bonchev–Trinajstić information content (AvgIpc) is 3.50. The van der Waals surface area contributed by atoms with Gasteiger partial charge in [0.05, 0.1) is 28.6 Å². The summed E-state index contributed by atoms with van der Waals surface area (Å²) in [5.74, 6) is 0.234. The Kier molecular flexibility index (Phi) is 3.91. The Morgan fingerprint density at radius 3 is 2.76 bits per heavy atom. The van der Waals surface area contributed by atoms with Gasteiger partial charge in [-0.05, 0) is 49.4 Å². The van der Waals surface area contributed by atoms with Crippen molar-refractivity contribution in [2.75, 3.05) is 5.32 Å². The molecule has 9 nitrogen and oxygen atoms in total. The second-order valence-corrected chi connectivity index (χ2v) is 6.32. The summed E-state index contributed by atoms with van der Waals surface area (Å²) >= 11 is 0. The van der Waals surface area contributed by atoms with E-state index in [-0.39, 0.29) is 11.6 Å². The van der Waals surface area contributed by atoms with Crippen molar-refractivity contribution in [3.63, 3.8) is 0 Å². The van der Waals surface area contributed by atoms with Crippen molar-refractivity contribution in [1.82, 2.24) is 24.9 Å². The highest BCUT2D eigenvalue weighted by atomic mass is 16.5. The van der Waals surface area contributed by atoms with Gasteiger partial charge < -0.3 is 14.3 Å². The molecule has 0 aliphatic heterocycles. The van der Waals surface area contributed by atoms with Crippen LogP contribution in [0.25, 0.3) is 28.2 Å². The largest absolute Gasteiger partial charge is 0.463 e. The number of benzene rings is 1. The van der Waals surface area contributed by atoms with Crippen molar-refractivity contribution >= 4 is 22.7 Å². The number of hydrogen-bond donors (Lipinski definition) is 1. The minimum atomic E-state index is -0.301. The highest BCUT2D eigenvalue weighted by molar-refractivity contribution is 6.12. The minimum Gasteiger partial charge on any atom is -0.463 e. The molecule has 1 aromatic carbocycles. The van der Waals surface area contributed by atoms with Gasteiger partial charge in [0, 0.05) is 5.69 Å². The molecule has 1 N–H and O–H groups in total. The lowest BCUT2D eigenvalue weighted by Crippen LogP contribution is -2.13. The van der Waals surface area contributed by atoms with Gasteiger partial charge in [-0.2, -0.15) is 5.10 Å². The fourth-order valence-corrected chi connectivity index (χ4v) is 3.06. The number of nitrogens with one attached hydrogen (secondary N) is 1. The molecule has 4 aromatic heterocycles. The van der Waals surface area contributed by atoms with Gasteiger partial charge in [0.25, 0.3) is 11.6 Å². The fourth-order valence-electron chi connectivity index (χ4n) is 3.06. The fraction of sp³-hybridized carbons (Fsp3) is 0.0500. The number of nitrogens with zero attached hydrogens (tertiary/aromatic N) is 5. The van der Waals surface area contributed by atoms with E-state index < -0.39 is 0 Å². The standard InChI is InChI=1S/C20H14N6O3/c1-12-18-15(9-16(17-3-2-8-28-17)24-20(18)29-25-12)19(27)23-13-4-6-14(7-5-13)26-11-21-10-22-26/h2-11H,1H3,(H,23,27). The molecule has 0 aliphatic carbocycles. The number of carbonyl (C=O) groups is 1. The molecule has 0 spiro atoms. The molecular weight excluding hydrogens is 372 g/mol. The summed E-state index contributed by atoms with van der Waals surface area (Å²) in [6.07, 6.45) is 4.61. The smallest absolute Gasteiger partial charge is 0.259 e. The number of hydrogen-bond acceptors (Lipinski definition) is 7. The number of carbonyl (C=O) groups excluding carboxylic acids is 1. The summed E-state index contributed by atoms with van der Waals surface area (Å²) in [5, 5.41) is 11.5. The molecule has 0 atom stereocenters. The van der Waals surface area contributed by atoms with Gasteiger partial charge in [0.15, 0.2) is 5.76 Å². The van der Waals surface area contributed by atoms with E-state index in [1.165, 1.54) is 6.33 Å². The van der Waals surface area contributed by atoms with Crippen LogP contribution in [0.5, 0.6) is 0 Å². The third-order valence-electron chi connectivity index (χ3n) is 4.44. The molecule has 9 heteroatoms. The lowest BCUT2D eigenvalue weighted by atomic mass is 10.1. The van der Waals surface area contributed by atoms with E-state index in [0.717, 1.165) is 5.69 Å². The van der Waals surface area contributed by atoms with Crippen LogP contribution < -0.4 is 5.32 Å². The number of fused-ring (bicyclic) bond motifs is 1. The average molecular weight is 386 g/mol. The molecule has 1 amide bonds. The lowest BCUT2D eigenvalue weighted by molar-refractivity contribution is 0.102. The molecule has 0 unspecified atom stereocenters. The van der Waals surface area contributed by atoms with Crippen molar-refractivity contribution < 1.29 is 13.7 Å². The Hall–Kier alpha value is -4.27. The molecule has 0 saturated carbocycles. The zero-order chi connectivity index (χ0) is 19.8. The van der Waals surface area contributed by atoms with Crippen LogP contribution in [-0.2, 0) is 0 Å². The molecule has 142 valence electrons. The molecular formula is C20H14N6O3. The number of pyridine rings is 1. The molecule has 0 aliphatic rings. The SMILES string of the molecule is Cc1noc2nc(-c3ccco3)cc(C(=O)Nc3ccc(-n4cncn4)cc3)c12. The normalized spacial score (nSPS) is 11.1. The maximum Gasteiger partial charge on any atom is 0.259 e. The number of aromatic nitrogens is 5. The van der Waals surface area contributed by atoms with Gasteiger partial charge in [-0.3, -0.25) is 4.79 Å². The van der Waals surface area contributed by atoms with Gasteiger partial charge in [-0.25, -0.2) is 14.6 Å². The quantitative estimate of drug-likeness (QED) is 0.502. The van der Waals surface area contributed by atoms with Crippen LogP contribution >= 0.6 is 0 Å². The van der Waals surface area contributed by atoms with Crippen LogP contribution in [0, 0.1) is 6.92 Å². The van der Waals surface area contributed by atoms with Crippen LogP contribution in [0.4, 0.5) is 5.69 Å². The predicted molar refractivity (Wildman–Crippen MR) is 104 cm³/mol. The highest BCUT2D eigenvalue weighted by Crippen LogP contribution is 2.28. The van der Waals surface area contributed by atoms with Crippen molar-refractivity contribution in [3.8, 4) is 17.1 Å². The van der Waals surface area contributed by atoms with E-state index in [0.29, 0.717) is 33.8 Å². The summed E-state index contributed by atoms with van der Waals surface area (Å²) in [5.41, 5.74) is 3.23. The number of anilines is 1.